The van der Waals surface area contributed by atoms with E-state index in [4.69, 9.17) is 0 Å². The highest BCUT2D eigenvalue weighted by atomic mass is 19.1. The Morgan fingerprint density at radius 1 is 1.14 bits per heavy atom. The average Bonchev–Trinajstić information content (AvgIpc) is 3.15. The Labute approximate surface area is 167 Å². The lowest BCUT2D eigenvalue weighted by atomic mass is 9.93. The fraction of sp³-hybridized carbons (Fsp3) is 0.652. The summed E-state index contributed by atoms with van der Waals surface area (Å²) in [7, 11) is 0. The lowest BCUT2D eigenvalue weighted by molar-refractivity contribution is -0.135. The Hall–Kier alpha value is -1.91. The summed E-state index contributed by atoms with van der Waals surface area (Å²) in [6.07, 6.45) is 9.10. The number of benzene rings is 1. The molecule has 1 N–H and O–H groups in total. The third-order valence-electron chi connectivity index (χ3n) is 6.33. The van der Waals surface area contributed by atoms with Crippen LogP contribution >= 0.6 is 0 Å². The van der Waals surface area contributed by atoms with Gasteiger partial charge in [0.25, 0.3) is 0 Å². The molecule has 0 bridgehead atoms. The van der Waals surface area contributed by atoms with Gasteiger partial charge in [0.05, 0.1) is 12.3 Å². The predicted molar refractivity (Wildman–Crippen MR) is 108 cm³/mol. The molecule has 1 saturated carbocycles. The molecule has 3 rings (SSSR count). The predicted octanol–water partition coefficient (Wildman–Crippen LogP) is 4.08. The molecule has 0 radical (unpaired) electrons. The molecule has 0 aromatic heterocycles. The van der Waals surface area contributed by atoms with Gasteiger partial charge in [-0.3, -0.25) is 9.59 Å². The van der Waals surface area contributed by atoms with Crippen LogP contribution in [0.3, 0.4) is 0 Å². The maximum absolute atomic E-state index is 13.0. The lowest BCUT2D eigenvalue weighted by Gasteiger charge is -2.33. The molecule has 3 unspecified atom stereocenters. The highest BCUT2D eigenvalue weighted by Crippen LogP contribution is 2.30. The van der Waals surface area contributed by atoms with Crippen molar-refractivity contribution < 1.29 is 14.0 Å². The van der Waals surface area contributed by atoms with E-state index in [0.29, 0.717) is 25.0 Å². The summed E-state index contributed by atoms with van der Waals surface area (Å²) < 4.78 is 13.0. The van der Waals surface area contributed by atoms with Gasteiger partial charge in [-0.25, -0.2) is 4.39 Å². The van der Waals surface area contributed by atoms with Gasteiger partial charge >= 0.3 is 0 Å². The second-order valence-electron chi connectivity index (χ2n) is 8.43. The minimum absolute atomic E-state index is 0.0193. The van der Waals surface area contributed by atoms with Gasteiger partial charge in [0.15, 0.2) is 0 Å². The molecule has 5 heteroatoms. The first-order chi connectivity index (χ1) is 13.6. The number of nitrogens with zero attached hydrogens (tertiary/aromatic N) is 1. The number of unbranched alkanes of at least 4 members (excludes halogenated alkanes) is 1. The van der Waals surface area contributed by atoms with Gasteiger partial charge in [0.2, 0.25) is 11.8 Å². The highest BCUT2D eigenvalue weighted by Gasteiger charge is 2.33. The Morgan fingerprint density at radius 3 is 2.68 bits per heavy atom. The number of nitrogens with one attached hydrogen (secondary N) is 1. The van der Waals surface area contributed by atoms with Crippen LogP contribution in [0.25, 0.3) is 0 Å². The largest absolute Gasteiger partial charge is 0.353 e. The summed E-state index contributed by atoms with van der Waals surface area (Å²) in [6.45, 7) is 3.41. The van der Waals surface area contributed by atoms with Crippen molar-refractivity contribution in [2.24, 2.45) is 11.8 Å². The van der Waals surface area contributed by atoms with E-state index in [-0.39, 0.29) is 30.0 Å². The first-order valence-corrected chi connectivity index (χ1v) is 10.9. The Bertz CT molecular complexity index is 661. The van der Waals surface area contributed by atoms with Gasteiger partial charge in [0, 0.05) is 19.1 Å². The summed E-state index contributed by atoms with van der Waals surface area (Å²) in [5.74, 6) is 0.343. The van der Waals surface area contributed by atoms with Crippen LogP contribution in [0.15, 0.2) is 24.3 Å². The summed E-state index contributed by atoms with van der Waals surface area (Å²) in [6, 6.07) is 6.37. The molecule has 1 aliphatic heterocycles. The monoisotopic (exact) mass is 388 g/mol. The maximum Gasteiger partial charge on any atom is 0.227 e. The molecule has 154 valence electrons. The fourth-order valence-corrected chi connectivity index (χ4v) is 4.65. The zero-order valence-electron chi connectivity index (χ0n) is 17.0. The van der Waals surface area contributed by atoms with Crippen molar-refractivity contribution >= 4 is 11.8 Å². The van der Waals surface area contributed by atoms with Gasteiger partial charge in [-0.15, -0.1) is 0 Å². The van der Waals surface area contributed by atoms with Gasteiger partial charge < -0.3 is 10.2 Å². The van der Waals surface area contributed by atoms with Crippen LogP contribution in [0.5, 0.6) is 0 Å². The lowest BCUT2D eigenvalue weighted by Crippen LogP contribution is -2.48. The van der Waals surface area contributed by atoms with E-state index in [1.807, 2.05) is 0 Å². The van der Waals surface area contributed by atoms with Crippen molar-refractivity contribution in [2.75, 3.05) is 13.1 Å². The molecule has 1 aliphatic carbocycles. The smallest absolute Gasteiger partial charge is 0.227 e. The van der Waals surface area contributed by atoms with Crippen molar-refractivity contribution in [1.29, 1.82) is 0 Å². The molecule has 1 heterocycles. The number of carbonyl (C=O) groups is 2. The molecule has 4 nitrogen and oxygen atoms in total. The van der Waals surface area contributed by atoms with Gasteiger partial charge in [-0.2, -0.15) is 0 Å². The number of carbonyl (C=O) groups excluding carboxylic acids is 2. The molecular formula is C23H33FN2O2. The van der Waals surface area contributed by atoms with E-state index in [1.54, 1.807) is 17.0 Å². The minimum Gasteiger partial charge on any atom is -0.353 e. The molecule has 1 saturated heterocycles. The fourth-order valence-electron chi connectivity index (χ4n) is 4.65. The van der Waals surface area contributed by atoms with E-state index in [1.165, 1.54) is 44.2 Å². The number of likely N-dealkylation sites (tertiary alicyclic amines) is 1. The third kappa shape index (κ3) is 5.55. The van der Waals surface area contributed by atoms with Crippen molar-refractivity contribution in [3.63, 3.8) is 0 Å². The Morgan fingerprint density at radius 2 is 1.93 bits per heavy atom. The van der Waals surface area contributed by atoms with Crippen molar-refractivity contribution in [3.05, 3.63) is 35.6 Å². The molecule has 1 aromatic carbocycles. The molecule has 28 heavy (non-hydrogen) atoms. The van der Waals surface area contributed by atoms with Gasteiger partial charge in [0.1, 0.15) is 5.82 Å². The molecule has 2 fully saturated rings. The standard InChI is InChI=1S/C23H33FN2O2/c1-2-3-6-18-7-4-9-21(18)25-23(28)19-8-5-14-26(16-19)22(27)15-17-10-12-20(24)13-11-17/h10-13,18-19,21H,2-9,14-16H2,1H3,(H,25,28). The van der Waals surface area contributed by atoms with Crippen LogP contribution in [0, 0.1) is 17.7 Å². The van der Waals surface area contributed by atoms with Crippen LogP contribution in [0.4, 0.5) is 4.39 Å². The van der Waals surface area contributed by atoms with Crippen LogP contribution in [0.2, 0.25) is 0 Å². The SMILES string of the molecule is CCCCC1CCCC1NC(=O)C1CCCN(C(=O)Cc2ccc(F)cc2)C1. The van der Waals surface area contributed by atoms with E-state index in [9.17, 15) is 14.0 Å². The Balaban J connectivity index is 1.51. The summed E-state index contributed by atoms with van der Waals surface area (Å²) in [5, 5.41) is 3.30. The Kier molecular flexibility index (Phi) is 7.46. The second-order valence-corrected chi connectivity index (χ2v) is 8.43. The topological polar surface area (TPSA) is 49.4 Å². The van der Waals surface area contributed by atoms with E-state index in [0.717, 1.165) is 24.8 Å². The third-order valence-corrected chi connectivity index (χ3v) is 6.33. The van der Waals surface area contributed by atoms with Crippen molar-refractivity contribution in [2.45, 2.75) is 70.8 Å². The molecule has 0 spiro atoms. The normalized spacial score (nSPS) is 24.9. The molecule has 3 atom stereocenters. The van der Waals surface area contributed by atoms with Crippen molar-refractivity contribution in [1.82, 2.24) is 10.2 Å². The van der Waals surface area contributed by atoms with E-state index in [2.05, 4.69) is 12.2 Å². The molecule has 2 aliphatic rings. The second kappa shape index (κ2) is 10.0. The van der Waals surface area contributed by atoms with E-state index >= 15 is 0 Å². The average molecular weight is 389 g/mol. The van der Waals surface area contributed by atoms with Gasteiger partial charge in [-0.05, 0) is 55.7 Å². The number of amides is 2. The number of hydrogen-bond donors (Lipinski definition) is 1. The first-order valence-electron chi connectivity index (χ1n) is 10.9. The molecular weight excluding hydrogens is 355 g/mol. The van der Waals surface area contributed by atoms with Crippen molar-refractivity contribution in [3.8, 4) is 0 Å². The first kappa shape index (κ1) is 20.8. The quantitative estimate of drug-likeness (QED) is 0.765. The summed E-state index contributed by atoms with van der Waals surface area (Å²) in [5.41, 5.74) is 0.808. The van der Waals surface area contributed by atoms with Crippen LogP contribution in [0.1, 0.15) is 63.9 Å². The zero-order chi connectivity index (χ0) is 19.9. The summed E-state index contributed by atoms with van der Waals surface area (Å²) in [4.78, 5) is 27.3. The molecule has 2 amide bonds. The number of halogens is 1. The number of rotatable bonds is 7. The van der Waals surface area contributed by atoms with Crippen LogP contribution < -0.4 is 5.32 Å². The van der Waals surface area contributed by atoms with Gasteiger partial charge in [-0.1, -0.05) is 38.3 Å². The maximum atomic E-state index is 13.0. The molecule has 1 aromatic rings. The summed E-state index contributed by atoms with van der Waals surface area (Å²) >= 11 is 0. The number of hydrogen-bond acceptors (Lipinski definition) is 2. The minimum atomic E-state index is -0.296. The zero-order valence-corrected chi connectivity index (χ0v) is 17.0. The van der Waals surface area contributed by atoms with E-state index < -0.39 is 0 Å². The highest BCUT2D eigenvalue weighted by molar-refractivity contribution is 5.82. The number of piperidine rings is 1. The van der Waals surface area contributed by atoms with Crippen LogP contribution in [-0.2, 0) is 16.0 Å². The van der Waals surface area contributed by atoms with Crippen LogP contribution in [-0.4, -0.2) is 35.8 Å².